The third-order valence-electron chi connectivity index (χ3n) is 16.5. The number of amides is 7. The molecule has 2 fully saturated rings. The Kier molecular flexibility index (Phi) is 27.7. The molecule has 2 saturated heterocycles. The van der Waals surface area contributed by atoms with Gasteiger partial charge in [-0.1, -0.05) is 88.0 Å². The van der Waals surface area contributed by atoms with Crippen LogP contribution < -0.4 is 46.7 Å². The highest BCUT2D eigenvalue weighted by Crippen LogP contribution is 2.49. The second kappa shape index (κ2) is 33.4. The van der Waals surface area contributed by atoms with Crippen LogP contribution in [0.25, 0.3) is 0 Å². The van der Waals surface area contributed by atoms with E-state index in [4.69, 9.17) is 50.5 Å². The van der Waals surface area contributed by atoms with Crippen LogP contribution in [0.2, 0.25) is 5.02 Å². The fourth-order valence-electron chi connectivity index (χ4n) is 10.9. The van der Waals surface area contributed by atoms with E-state index in [1.54, 1.807) is 52.0 Å². The molecule has 0 spiro atoms. The van der Waals surface area contributed by atoms with Gasteiger partial charge in [0.05, 0.1) is 56.2 Å². The number of aliphatic hydroxyl groups is 1. The molecule has 5 rings (SSSR count). The molecule has 7 amide bonds. The zero-order chi connectivity index (χ0) is 67.0. The maximum absolute atomic E-state index is 14.6. The Labute approximate surface area is 547 Å². The molecule has 498 valence electrons. The van der Waals surface area contributed by atoms with Crippen molar-refractivity contribution in [2.24, 2.45) is 17.6 Å². The quantitative estimate of drug-likeness (QED) is 0.0164. The number of nitrogens with two attached hydrogens (primary N) is 1. The minimum absolute atomic E-state index is 0.0107. The Hall–Kier alpha value is -6.20. The lowest BCUT2D eigenvalue weighted by atomic mass is 9.83. The molecule has 3 aliphatic rings. The number of alkyl halides is 2. The van der Waals surface area contributed by atoms with Gasteiger partial charge in [-0.3, -0.25) is 29.8 Å². The first-order chi connectivity index (χ1) is 42.5. The minimum atomic E-state index is -1.93. The number of hydrogen-bond acceptors (Lipinski definition) is 18. The van der Waals surface area contributed by atoms with Gasteiger partial charge in [0, 0.05) is 62.5 Å². The van der Waals surface area contributed by atoms with Crippen LogP contribution in [0.4, 0.5) is 21.0 Å². The Bertz CT molecular complexity index is 2970. The summed E-state index contributed by atoms with van der Waals surface area (Å²) >= 11 is 13.5. The van der Waals surface area contributed by atoms with E-state index in [0.29, 0.717) is 43.4 Å². The minimum Gasteiger partial charge on any atom is -0.496 e. The van der Waals surface area contributed by atoms with Gasteiger partial charge in [-0.25, -0.2) is 14.4 Å². The van der Waals surface area contributed by atoms with Crippen LogP contribution in [-0.2, 0) is 58.9 Å². The number of urea groups is 1. The summed E-state index contributed by atoms with van der Waals surface area (Å²) in [5.41, 5.74) is 2.96. The Morgan fingerprint density at radius 1 is 1.00 bits per heavy atom. The predicted octanol–water partition coefficient (Wildman–Crippen LogP) is 6.19. The molecular weight excluding hydrogens is 1320 g/mol. The van der Waals surface area contributed by atoms with Crippen LogP contribution >= 0.6 is 43.5 Å². The number of ether oxygens (including phenoxy) is 7. The Morgan fingerprint density at radius 2 is 1.69 bits per heavy atom. The summed E-state index contributed by atoms with van der Waals surface area (Å²) in [6.07, 6.45) is 2.66. The van der Waals surface area contributed by atoms with Gasteiger partial charge in [-0.2, -0.15) is 0 Å². The number of halogens is 3. The van der Waals surface area contributed by atoms with Gasteiger partial charge in [-0.05, 0) is 102 Å². The van der Waals surface area contributed by atoms with Gasteiger partial charge in [0.25, 0.3) is 5.91 Å². The molecule has 90 heavy (non-hydrogen) atoms. The van der Waals surface area contributed by atoms with E-state index >= 15 is 0 Å². The number of esters is 1. The fourth-order valence-corrected chi connectivity index (χ4v) is 12.6. The number of methoxy groups -OCH3 is 3. The first-order valence-electron chi connectivity index (χ1n) is 29.6. The summed E-state index contributed by atoms with van der Waals surface area (Å²) in [5.74, 6) is -4.13. The average Bonchev–Trinajstić information content (AvgIpc) is 1.57. The second-order valence-corrected chi connectivity index (χ2v) is 25.2. The lowest BCUT2D eigenvalue weighted by Gasteiger charge is -2.42. The Balaban J connectivity index is 1.36. The SMILES string of the molecule is COc1cc(NC(=O)[C@H](CCCNC(N)=O)NC(=O)[C@@H](NC(C=O)CCCC(C)OC(C=O)(CBr)CBr)C(C)C)ccc1C(=O)N(C)[C@@H](C)C(=O)O[C@H]1CC(=O)N(C)c2cc(cc(OC)c2Cl)C/C(C)=C/C=C/[C@@H](OC)[C@@]2(O)C[C@H](OC(=O)N2)[C@@H](C)[C@@H]2O[C@@]12C. The number of primary amides is 1. The lowest BCUT2D eigenvalue weighted by Crippen LogP contribution is -2.63. The molecule has 12 atom stereocenters. The number of nitrogens with zero attached hydrogens (tertiary/aromatic N) is 2. The smallest absolute Gasteiger partial charge is 0.409 e. The third kappa shape index (κ3) is 19.2. The van der Waals surface area contributed by atoms with Gasteiger partial charge in [-0.15, -0.1) is 0 Å². The van der Waals surface area contributed by atoms with E-state index in [-0.39, 0.29) is 70.5 Å². The summed E-state index contributed by atoms with van der Waals surface area (Å²) < 4.78 is 41.3. The number of aldehydes is 2. The van der Waals surface area contributed by atoms with Crippen molar-refractivity contribution in [3.8, 4) is 11.5 Å². The van der Waals surface area contributed by atoms with Crippen LogP contribution in [0.5, 0.6) is 11.5 Å². The molecule has 3 heterocycles. The van der Waals surface area contributed by atoms with Gasteiger partial charge < -0.3 is 79.3 Å². The highest BCUT2D eigenvalue weighted by Gasteiger charge is 2.64. The van der Waals surface area contributed by atoms with Crippen molar-refractivity contribution in [1.82, 2.24) is 26.2 Å². The molecule has 4 bridgehead atoms. The van der Waals surface area contributed by atoms with E-state index in [1.807, 2.05) is 19.9 Å². The summed E-state index contributed by atoms with van der Waals surface area (Å²) in [4.78, 5) is 123. The lowest BCUT2D eigenvalue weighted by molar-refractivity contribution is -0.158. The van der Waals surface area contributed by atoms with E-state index in [2.05, 4.69) is 58.4 Å². The summed E-state index contributed by atoms with van der Waals surface area (Å²) in [6, 6.07) is 2.72. The number of fused-ring (bicyclic) bond motifs is 5. The molecular formula is C62H87Br2ClN8O17. The molecule has 0 aromatic heterocycles. The standard InChI is InChI=1S/C62H87Br2ClN8O17/c1-34(2)52(68-41(30-74)18-14-17-36(4)89-61(31-63,32-64)33-75)55(78)70-43(19-15-23-67-58(66)81)54(77)69-40-21-22-42(45(27-40)84-10)56(79)72(8)38(6)57(80)88-49-28-50(76)73(9)44-25-39(26-46(85-11)51(44)65)24-35(3)16-13-20-48(86-12)62(83)29-47(87-59(82)71-62)37(5)53-60(49,7)90-53/h13,16,20-22,25-27,30,33-34,36-38,41,43,47-49,52-53,68,83H,14-15,17-19,23-24,28-29,31-32H2,1-12H3,(H,69,77)(H,70,78)(H,71,82)(H3,66,67,81)/b20-13+,35-16+/t36?,37-,38+,41?,43+,47+,48-,49+,52+,53+,60+,62+/m1/s1. The van der Waals surface area contributed by atoms with Crippen LogP contribution in [0, 0.1) is 11.8 Å². The second-order valence-electron chi connectivity index (χ2n) is 23.7. The summed E-state index contributed by atoms with van der Waals surface area (Å²) in [6.45, 7) is 12.2. The number of likely N-dealkylation sites (N-methyl/N-ethyl adjacent to an activating group) is 1. The van der Waals surface area contributed by atoms with Crippen LogP contribution in [0.1, 0.15) is 109 Å². The number of nitrogens with one attached hydrogen (secondary N) is 5. The predicted molar refractivity (Wildman–Crippen MR) is 343 cm³/mol. The molecule has 2 unspecified atom stereocenters. The van der Waals surface area contributed by atoms with Crippen molar-refractivity contribution < 1.29 is 81.4 Å². The molecule has 0 saturated carbocycles. The van der Waals surface area contributed by atoms with Gasteiger partial charge in [0.15, 0.2) is 12.0 Å². The fraction of sp³-hybridized carbons (Fsp3) is 0.597. The van der Waals surface area contributed by atoms with Crippen molar-refractivity contribution in [3.05, 3.63) is 70.3 Å². The average molecular weight is 1410 g/mol. The topological polar surface area (TPSA) is 334 Å². The number of carbonyl (C=O) groups excluding carboxylic acids is 9. The highest BCUT2D eigenvalue weighted by molar-refractivity contribution is 9.10. The van der Waals surface area contributed by atoms with Crippen molar-refractivity contribution in [3.63, 3.8) is 0 Å². The molecule has 0 aliphatic carbocycles. The van der Waals surface area contributed by atoms with E-state index in [0.717, 1.165) is 22.3 Å². The van der Waals surface area contributed by atoms with Crippen molar-refractivity contribution in [2.75, 3.05) is 62.8 Å². The molecule has 28 heteroatoms. The molecule has 2 aromatic rings. The number of carbonyl (C=O) groups is 9. The molecule has 2 aromatic carbocycles. The van der Waals surface area contributed by atoms with E-state index < -0.39 is 120 Å². The number of anilines is 2. The highest BCUT2D eigenvalue weighted by atomic mass is 79.9. The van der Waals surface area contributed by atoms with E-state index in [9.17, 15) is 48.3 Å². The number of rotatable bonds is 28. The van der Waals surface area contributed by atoms with Crippen LogP contribution in [0.15, 0.2) is 54.1 Å². The first kappa shape index (κ1) is 74.5. The van der Waals surface area contributed by atoms with Gasteiger partial charge in [0.1, 0.15) is 64.4 Å². The maximum atomic E-state index is 14.6. The maximum Gasteiger partial charge on any atom is 0.409 e. The largest absolute Gasteiger partial charge is 0.496 e. The number of benzene rings is 2. The zero-order valence-electron chi connectivity index (χ0n) is 53.0. The Morgan fingerprint density at radius 3 is 2.30 bits per heavy atom. The summed E-state index contributed by atoms with van der Waals surface area (Å²) in [7, 11) is 7.04. The van der Waals surface area contributed by atoms with Crippen LogP contribution in [-0.4, -0.2) is 189 Å². The number of allylic oxidation sites excluding steroid dienone is 3. The van der Waals surface area contributed by atoms with Gasteiger partial charge in [0.2, 0.25) is 17.7 Å². The number of epoxide rings is 1. The van der Waals surface area contributed by atoms with Crippen molar-refractivity contribution in [1.29, 1.82) is 0 Å². The third-order valence-corrected chi connectivity index (χ3v) is 18.8. The summed E-state index contributed by atoms with van der Waals surface area (Å²) in [5, 5.41) is 26.4. The van der Waals surface area contributed by atoms with Crippen molar-refractivity contribution in [2.45, 2.75) is 171 Å². The van der Waals surface area contributed by atoms with Gasteiger partial charge >= 0.3 is 18.1 Å². The first-order valence-corrected chi connectivity index (χ1v) is 32.3. The molecule has 3 aliphatic heterocycles. The number of hydrogen-bond donors (Lipinski definition) is 7. The van der Waals surface area contributed by atoms with Crippen LogP contribution in [0.3, 0.4) is 0 Å². The molecule has 0 radical (unpaired) electrons. The van der Waals surface area contributed by atoms with E-state index in [1.165, 1.54) is 65.4 Å². The monoisotopic (exact) mass is 1410 g/mol. The normalized spacial score (nSPS) is 24.6. The zero-order valence-corrected chi connectivity index (χ0v) is 56.9. The molecule has 8 N–H and O–H groups in total. The molecule has 25 nitrogen and oxygen atoms in total. The number of alkyl carbamates (subject to hydrolysis) is 1. The van der Waals surface area contributed by atoms with Crippen molar-refractivity contribution >= 4 is 109 Å².